The van der Waals surface area contributed by atoms with Crippen LogP contribution in [0.3, 0.4) is 0 Å². The normalized spacial score (nSPS) is 18.5. The molecule has 0 bridgehead atoms. The fourth-order valence-electron chi connectivity index (χ4n) is 2.80. The third-order valence-corrected chi connectivity index (χ3v) is 5.08. The topological polar surface area (TPSA) is 12.0 Å². The summed E-state index contributed by atoms with van der Waals surface area (Å²) in [6.45, 7) is 1.44. The summed E-state index contributed by atoms with van der Waals surface area (Å²) in [5.41, 5.74) is 0.914. The van der Waals surface area contributed by atoms with Gasteiger partial charge in [0.25, 0.3) is 0 Å². The fraction of sp³-hybridized carbons (Fsp3) is 0.600. The molecule has 1 aliphatic rings. The van der Waals surface area contributed by atoms with Crippen LogP contribution in [-0.2, 0) is 6.54 Å². The molecule has 0 aliphatic heterocycles. The Bertz CT molecular complexity index is 419. The Hall–Kier alpha value is -0.120. The summed E-state index contributed by atoms with van der Waals surface area (Å²) >= 11 is 9.53. The van der Waals surface area contributed by atoms with E-state index in [1.807, 2.05) is 6.07 Å². The number of rotatable bonds is 5. The Balaban J connectivity index is 1.90. The van der Waals surface area contributed by atoms with Gasteiger partial charge in [-0.2, -0.15) is 0 Å². The van der Waals surface area contributed by atoms with Gasteiger partial charge in [0.05, 0.1) is 0 Å². The molecule has 0 amide bonds. The molecule has 0 spiro atoms. The molecule has 1 aliphatic carbocycles. The molecule has 1 aromatic carbocycles. The Labute approximate surface area is 128 Å². The van der Waals surface area contributed by atoms with Crippen molar-refractivity contribution in [2.45, 2.75) is 38.6 Å². The molecule has 1 N–H and O–H groups in total. The van der Waals surface area contributed by atoms with Crippen molar-refractivity contribution < 1.29 is 4.39 Å². The van der Waals surface area contributed by atoms with Crippen LogP contribution in [0.15, 0.2) is 22.7 Å². The first-order valence-corrected chi connectivity index (χ1v) is 8.19. The maximum Gasteiger partial charge on any atom is 0.127 e. The second-order valence-electron chi connectivity index (χ2n) is 5.53. The number of nitrogens with one attached hydrogen (secondary N) is 1. The van der Waals surface area contributed by atoms with E-state index in [1.165, 1.54) is 38.2 Å². The molecule has 1 aromatic rings. The Kier molecular flexibility index (Phi) is 5.67. The molecular formula is C15H20BrClFN. The van der Waals surface area contributed by atoms with Crippen molar-refractivity contribution in [1.82, 2.24) is 5.32 Å². The number of benzene rings is 1. The summed E-state index contributed by atoms with van der Waals surface area (Å²) in [5.74, 6) is 0.542. The monoisotopic (exact) mass is 347 g/mol. The molecule has 0 atom stereocenters. The van der Waals surface area contributed by atoms with Crippen LogP contribution >= 0.6 is 27.5 Å². The van der Waals surface area contributed by atoms with Crippen molar-refractivity contribution in [2.75, 3.05) is 12.4 Å². The SMILES string of the molecule is Fc1ccc(Br)cc1CNCC1(CCl)CCCCC1. The molecule has 1 nitrogen and oxygen atoms in total. The lowest BCUT2D eigenvalue weighted by Gasteiger charge is -2.35. The lowest BCUT2D eigenvalue weighted by Crippen LogP contribution is -2.37. The van der Waals surface area contributed by atoms with Gasteiger partial charge in [0.15, 0.2) is 0 Å². The van der Waals surface area contributed by atoms with E-state index in [0.717, 1.165) is 11.0 Å². The third-order valence-electron chi connectivity index (χ3n) is 4.02. The van der Waals surface area contributed by atoms with Gasteiger partial charge in [-0.25, -0.2) is 4.39 Å². The zero-order valence-electron chi connectivity index (χ0n) is 11.0. The lowest BCUT2D eigenvalue weighted by molar-refractivity contribution is 0.212. The molecule has 106 valence electrons. The Morgan fingerprint density at radius 1 is 1.26 bits per heavy atom. The third kappa shape index (κ3) is 4.17. The van der Waals surface area contributed by atoms with Crippen LogP contribution in [-0.4, -0.2) is 12.4 Å². The van der Waals surface area contributed by atoms with Crippen molar-refractivity contribution in [2.24, 2.45) is 5.41 Å². The van der Waals surface area contributed by atoms with Crippen LogP contribution in [0, 0.1) is 11.2 Å². The van der Waals surface area contributed by atoms with E-state index in [1.54, 1.807) is 6.07 Å². The molecule has 1 saturated carbocycles. The summed E-state index contributed by atoms with van der Waals surface area (Å²) in [6, 6.07) is 5.05. The van der Waals surface area contributed by atoms with E-state index in [0.29, 0.717) is 18.0 Å². The fourth-order valence-corrected chi connectivity index (χ4v) is 3.57. The zero-order chi connectivity index (χ0) is 13.7. The molecule has 19 heavy (non-hydrogen) atoms. The van der Waals surface area contributed by atoms with E-state index in [4.69, 9.17) is 11.6 Å². The van der Waals surface area contributed by atoms with E-state index < -0.39 is 0 Å². The van der Waals surface area contributed by atoms with Crippen molar-refractivity contribution >= 4 is 27.5 Å². The van der Waals surface area contributed by atoms with Gasteiger partial charge < -0.3 is 5.32 Å². The van der Waals surface area contributed by atoms with Crippen LogP contribution < -0.4 is 5.32 Å². The second-order valence-corrected chi connectivity index (χ2v) is 6.72. The summed E-state index contributed by atoms with van der Waals surface area (Å²) in [5, 5.41) is 3.39. The molecule has 0 saturated heterocycles. The highest BCUT2D eigenvalue weighted by Crippen LogP contribution is 2.36. The van der Waals surface area contributed by atoms with Gasteiger partial charge in [-0.3, -0.25) is 0 Å². The number of halogens is 3. The maximum absolute atomic E-state index is 13.6. The van der Waals surface area contributed by atoms with Crippen molar-refractivity contribution in [1.29, 1.82) is 0 Å². The minimum Gasteiger partial charge on any atom is -0.312 e. The van der Waals surface area contributed by atoms with Gasteiger partial charge >= 0.3 is 0 Å². The van der Waals surface area contributed by atoms with Crippen LogP contribution in [0.4, 0.5) is 4.39 Å². The number of alkyl halides is 1. The molecule has 1 fully saturated rings. The van der Waals surface area contributed by atoms with Crippen molar-refractivity contribution in [3.8, 4) is 0 Å². The van der Waals surface area contributed by atoms with Gasteiger partial charge in [-0.1, -0.05) is 35.2 Å². The number of hydrogen-bond donors (Lipinski definition) is 1. The molecule has 0 heterocycles. The highest BCUT2D eigenvalue weighted by Gasteiger charge is 2.30. The molecule has 2 rings (SSSR count). The minimum absolute atomic E-state index is 0.153. The maximum atomic E-state index is 13.6. The van der Waals surface area contributed by atoms with Crippen molar-refractivity contribution in [3.05, 3.63) is 34.1 Å². The zero-order valence-corrected chi connectivity index (χ0v) is 13.4. The van der Waals surface area contributed by atoms with Gasteiger partial charge in [0.2, 0.25) is 0 Å². The summed E-state index contributed by atoms with van der Waals surface area (Å²) in [4.78, 5) is 0. The molecular weight excluding hydrogens is 329 g/mol. The van der Waals surface area contributed by atoms with Crippen LogP contribution in [0.25, 0.3) is 0 Å². The molecule has 4 heteroatoms. The first-order valence-electron chi connectivity index (χ1n) is 6.86. The highest BCUT2D eigenvalue weighted by molar-refractivity contribution is 9.10. The van der Waals surface area contributed by atoms with Gasteiger partial charge in [-0.05, 0) is 36.5 Å². The predicted molar refractivity (Wildman–Crippen MR) is 82.0 cm³/mol. The molecule has 0 radical (unpaired) electrons. The summed E-state index contributed by atoms with van der Waals surface area (Å²) in [7, 11) is 0. The largest absolute Gasteiger partial charge is 0.312 e. The van der Waals surface area contributed by atoms with E-state index in [9.17, 15) is 4.39 Å². The van der Waals surface area contributed by atoms with E-state index >= 15 is 0 Å². The second kappa shape index (κ2) is 7.05. The van der Waals surface area contributed by atoms with Crippen molar-refractivity contribution in [3.63, 3.8) is 0 Å². The Morgan fingerprint density at radius 3 is 2.68 bits per heavy atom. The van der Waals surface area contributed by atoms with Crippen LogP contribution in [0.1, 0.15) is 37.7 Å². The Morgan fingerprint density at radius 2 is 2.00 bits per heavy atom. The number of hydrogen-bond acceptors (Lipinski definition) is 1. The van der Waals surface area contributed by atoms with E-state index in [2.05, 4.69) is 21.2 Å². The average Bonchev–Trinajstić information content (AvgIpc) is 2.44. The average molecular weight is 349 g/mol. The van der Waals surface area contributed by atoms with Crippen LogP contribution in [0.2, 0.25) is 0 Å². The quantitative estimate of drug-likeness (QED) is 0.749. The standard InChI is InChI=1S/C15H20BrClFN/c16-13-4-5-14(18)12(8-13)9-19-11-15(10-17)6-2-1-3-7-15/h4-5,8,19H,1-3,6-7,9-11H2. The highest BCUT2D eigenvalue weighted by atomic mass is 79.9. The van der Waals surface area contributed by atoms with E-state index in [-0.39, 0.29) is 11.2 Å². The van der Waals surface area contributed by atoms with Gasteiger partial charge in [0.1, 0.15) is 5.82 Å². The van der Waals surface area contributed by atoms with Gasteiger partial charge in [-0.15, -0.1) is 11.6 Å². The molecule has 0 aromatic heterocycles. The lowest BCUT2D eigenvalue weighted by atomic mass is 9.75. The smallest absolute Gasteiger partial charge is 0.127 e. The van der Waals surface area contributed by atoms with Crippen LogP contribution in [0.5, 0.6) is 0 Å². The minimum atomic E-state index is -0.153. The first kappa shape index (κ1) is 15.3. The summed E-state index contributed by atoms with van der Waals surface area (Å²) < 4.78 is 14.5. The summed E-state index contributed by atoms with van der Waals surface area (Å²) in [6.07, 6.45) is 6.22. The van der Waals surface area contributed by atoms with Gasteiger partial charge in [0, 0.05) is 29.0 Å². The first-order chi connectivity index (χ1) is 9.15. The molecule has 0 unspecified atom stereocenters. The predicted octanol–water partition coefficient (Wildman–Crippen LogP) is 4.87.